The lowest BCUT2D eigenvalue weighted by Crippen LogP contribution is -2.50. The van der Waals surface area contributed by atoms with Crippen LogP contribution in [0.3, 0.4) is 0 Å². The van der Waals surface area contributed by atoms with Gasteiger partial charge in [-0.1, -0.05) is 0 Å². The Bertz CT molecular complexity index is 968. The van der Waals surface area contributed by atoms with Gasteiger partial charge in [0.25, 0.3) is 0 Å². The molecule has 1 amide bonds. The summed E-state index contributed by atoms with van der Waals surface area (Å²) < 4.78 is 11.4. The van der Waals surface area contributed by atoms with Crippen LogP contribution in [0.15, 0.2) is 53.2 Å². The summed E-state index contributed by atoms with van der Waals surface area (Å²) in [4.78, 5) is 20.5. The van der Waals surface area contributed by atoms with E-state index in [-0.39, 0.29) is 6.09 Å². The molecule has 1 aromatic carbocycles. The summed E-state index contributed by atoms with van der Waals surface area (Å²) >= 11 is 0. The molecule has 0 spiro atoms. The van der Waals surface area contributed by atoms with E-state index in [9.17, 15) is 4.79 Å². The molecule has 0 N–H and O–H groups in total. The van der Waals surface area contributed by atoms with Crippen LogP contribution in [0.4, 0.5) is 10.5 Å². The molecule has 146 valence electrons. The van der Waals surface area contributed by atoms with E-state index in [1.807, 2.05) is 45.0 Å². The first kappa shape index (κ1) is 18.3. The number of aromatic nitrogens is 1. The fourth-order valence-electron chi connectivity index (χ4n) is 3.35. The standard InChI is InChI=1S/C22H25N3O3/c1-22(2,3)28-21(26)25-11-9-24(10-12-25)18-6-7-19-17(13-18)14-20(27-19)16-5-4-8-23-15-16/h4-8,13-15H,9-12H2,1-3H3. The molecule has 3 aromatic rings. The van der Waals surface area contributed by atoms with Gasteiger partial charge in [0.2, 0.25) is 0 Å². The van der Waals surface area contributed by atoms with Gasteiger partial charge in [-0.25, -0.2) is 4.79 Å². The lowest BCUT2D eigenvalue weighted by Gasteiger charge is -2.36. The van der Waals surface area contributed by atoms with Crippen LogP contribution in [0.5, 0.6) is 0 Å². The number of hydrogen-bond acceptors (Lipinski definition) is 5. The zero-order valence-electron chi connectivity index (χ0n) is 16.5. The molecule has 6 heteroatoms. The van der Waals surface area contributed by atoms with Crippen LogP contribution in [-0.4, -0.2) is 47.8 Å². The third-order valence-electron chi connectivity index (χ3n) is 4.74. The number of nitrogens with zero attached hydrogens (tertiary/aromatic N) is 3. The molecule has 1 saturated heterocycles. The first-order valence-electron chi connectivity index (χ1n) is 9.56. The van der Waals surface area contributed by atoms with Gasteiger partial charge in [-0.3, -0.25) is 4.98 Å². The highest BCUT2D eigenvalue weighted by molar-refractivity contribution is 5.86. The van der Waals surface area contributed by atoms with E-state index in [0.29, 0.717) is 13.1 Å². The summed E-state index contributed by atoms with van der Waals surface area (Å²) in [7, 11) is 0. The highest BCUT2D eigenvalue weighted by atomic mass is 16.6. The van der Waals surface area contributed by atoms with Gasteiger partial charge in [0, 0.05) is 55.2 Å². The van der Waals surface area contributed by atoms with Crippen molar-refractivity contribution in [3.8, 4) is 11.3 Å². The van der Waals surface area contributed by atoms with E-state index in [1.165, 1.54) is 0 Å². The number of pyridine rings is 1. The molecular weight excluding hydrogens is 354 g/mol. The zero-order chi connectivity index (χ0) is 19.7. The number of piperazine rings is 1. The smallest absolute Gasteiger partial charge is 0.410 e. The van der Waals surface area contributed by atoms with E-state index in [2.05, 4.69) is 22.0 Å². The Balaban J connectivity index is 1.46. The monoisotopic (exact) mass is 379 g/mol. The molecule has 0 atom stereocenters. The molecule has 3 heterocycles. The molecule has 0 radical (unpaired) electrons. The van der Waals surface area contributed by atoms with Crippen molar-refractivity contribution in [1.29, 1.82) is 0 Å². The third kappa shape index (κ3) is 3.96. The average Bonchev–Trinajstić information content (AvgIpc) is 3.11. The molecule has 0 saturated carbocycles. The normalized spacial score (nSPS) is 15.1. The predicted octanol–water partition coefficient (Wildman–Crippen LogP) is 4.55. The number of hydrogen-bond donors (Lipinski definition) is 0. The summed E-state index contributed by atoms with van der Waals surface area (Å²) in [5.74, 6) is 0.815. The third-order valence-corrected chi connectivity index (χ3v) is 4.74. The number of carbonyl (C=O) groups is 1. The first-order chi connectivity index (χ1) is 13.4. The highest BCUT2D eigenvalue weighted by Crippen LogP contribution is 2.30. The minimum absolute atomic E-state index is 0.237. The second-order valence-electron chi connectivity index (χ2n) is 8.03. The summed E-state index contributed by atoms with van der Waals surface area (Å²) in [5.41, 5.74) is 2.49. The van der Waals surface area contributed by atoms with E-state index < -0.39 is 5.60 Å². The fraction of sp³-hybridized carbons (Fsp3) is 0.364. The lowest BCUT2D eigenvalue weighted by molar-refractivity contribution is 0.0240. The lowest BCUT2D eigenvalue weighted by atomic mass is 10.1. The minimum Gasteiger partial charge on any atom is -0.456 e. The Morgan fingerprint density at radius 1 is 1.11 bits per heavy atom. The van der Waals surface area contributed by atoms with Crippen LogP contribution >= 0.6 is 0 Å². The number of benzene rings is 1. The number of amides is 1. The van der Waals surface area contributed by atoms with Crippen molar-refractivity contribution in [3.63, 3.8) is 0 Å². The van der Waals surface area contributed by atoms with Gasteiger partial charge in [-0.05, 0) is 57.2 Å². The molecule has 28 heavy (non-hydrogen) atoms. The molecular formula is C22H25N3O3. The Hall–Kier alpha value is -3.02. The quantitative estimate of drug-likeness (QED) is 0.654. The number of ether oxygens (including phenoxy) is 1. The second-order valence-corrected chi connectivity index (χ2v) is 8.03. The maximum atomic E-state index is 12.2. The van der Waals surface area contributed by atoms with E-state index >= 15 is 0 Å². The summed E-state index contributed by atoms with van der Waals surface area (Å²) in [6, 6.07) is 12.2. The largest absolute Gasteiger partial charge is 0.456 e. The van der Waals surface area contributed by atoms with Gasteiger partial charge < -0.3 is 19.0 Å². The SMILES string of the molecule is CC(C)(C)OC(=O)N1CCN(c2ccc3oc(-c4cccnc4)cc3c2)CC1. The molecule has 1 fully saturated rings. The molecule has 6 nitrogen and oxygen atoms in total. The van der Waals surface area contributed by atoms with Gasteiger partial charge >= 0.3 is 6.09 Å². The average molecular weight is 379 g/mol. The number of furan rings is 1. The number of carbonyl (C=O) groups excluding carboxylic acids is 1. The van der Waals surface area contributed by atoms with Crippen LogP contribution in [-0.2, 0) is 4.74 Å². The number of rotatable bonds is 2. The molecule has 2 aromatic heterocycles. The van der Waals surface area contributed by atoms with Crippen molar-refractivity contribution in [2.45, 2.75) is 26.4 Å². The van der Waals surface area contributed by atoms with Crippen LogP contribution in [0, 0.1) is 0 Å². The molecule has 4 rings (SSSR count). The topological polar surface area (TPSA) is 58.8 Å². The van der Waals surface area contributed by atoms with Crippen molar-refractivity contribution in [1.82, 2.24) is 9.88 Å². The fourth-order valence-corrected chi connectivity index (χ4v) is 3.35. The highest BCUT2D eigenvalue weighted by Gasteiger charge is 2.26. The maximum Gasteiger partial charge on any atom is 0.410 e. The van der Waals surface area contributed by atoms with Crippen molar-refractivity contribution < 1.29 is 13.9 Å². The summed E-state index contributed by atoms with van der Waals surface area (Å²) in [6.45, 7) is 8.53. The van der Waals surface area contributed by atoms with E-state index in [0.717, 1.165) is 41.1 Å². The van der Waals surface area contributed by atoms with Crippen LogP contribution in [0.25, 0.3) is 22.3 Å². The molecule has 1 aliphatic heterocycles. The van der Waals surface area contributed by atoms with Crippen molar-refractivity contribution >= 4 is 22.7 Å². The Kier molecular flexibility index (Phi) is 4.71. The molecule has 0 bridgehead atoms. The summed E-state index contributed by atoms with van der Waals surface area (Å²) in [6.07, 6.45) is 3.31. The molecule has 1 aliphatic rings. The number of fused-ring (bicyclic) bond motifs is 1. The van der Waals surface area contributed by atoms with Gasteiger partial charge in [0.15, 0.2) is 0 Å². The Morgan fingerprint density at radius 2 is 1.89 bits per heavy atom. The Labute approximate surface area is 164 Å². The van der Waals surface area contributed by atoms with Crippen LogP contribution in [0.2, 0.25) is 0 Å². The first-order valence-corrected chi connectivity index (χ1v) is 9.56. The Morgan fingerprint density at radius 3 is 2.57 bits per heavy atom. The van der Waals surface area contributed by atoms with Crippen molar-refractivity contribution in [2.24, 2.45) is 0 Å². The minimum atomic E-state index is -0.466. The zero-order valence-corrected chi connectivity index (χ0v) is 16.5. The van der Waals surface area contributed by atoms with Crippen LogP contribution < -0.4 is 4.90 Å². The van der Waals surface area contributed by atoms with E-state index in [1.54, 1.807) is 17.3 Å². The van der Waals surface area contributed by atoms with Gasteiger partial charge in [0.05, 0.1) is 0 Å². The van der Waals surface area contributed by atoms with Crippen molar-refractivity contribution in [3.05, 3.63) is 48.8 Å². The maximum absolute atomic E-state index is 12.2. The number of anilines is 1. The summed E-state index contributed by atoms with van der Waals surface area (Å²) in [5, 5.41) is 1.06. The molecule has 0 aliphatic carbocycles. The van der Waals surface area contributed by atoms with Gasteiger partial charge in [0.1, 0.15) is 16.9 Å². The van der Waals surface area contributed by atoms with E-state index in [4.69, 9.17) is 9.15 Å². The second kappa shape index (κ2) is 7.19. The molecule has 0 unspecified atom stereocenters. The predicted molar refractivity (Wildman–Crippen MR) is 109 cm³/mol. The van der Waals surface area contributed by atoms with Crippen LogP contribution in [0.1, 0.15) is 20.8 Å². The van der Waals surface area contributed by atoms with Gasteiger partial charge in [-0.2, -0.15) is 0 Å². The van der Waals surface area contributed by atoms with Crippen molar-refractivity contribution in [2.75, 3.05) is 31.1 Å². The van der Waals surface area contributed by atoms with Gasteiger partial charge in [-0.15, -0.1) is 0 Å².